The van der Waals surface area contributed by atoms with Gasteiger partial charge in [0, 0.05) is 12.1 Å². The van der Waals surface area contributed by atoms with Gasteiger partial charge < -0.3 is 10.6 Å². The largest absolute Gasteiger partial charge is 0.381 e. The molecule has 0 unspecified atom stereocenters. The summed E-state index contributed by atoms with van der Waals surface area (Å²) in [6.45, 7) is 4.17. The van der Waals surface area contributed by atoms with Crippen molar-refractivity contribution in [3.8, 4) is 11.1 Å². The van der Waals surface area contributed by atoms with E-state index in [9.17, 15) is 13.2 Å². The summed E-state index contributed by atoms with van der Waals surface area (Å²) < 4.78 is 30.2. The molecule has 1 amide bonds. The smallest absolute Gasteiger partial charge is 0.297 e. The number of amides is 1. The summed E-state index contributed by atoms with van der Waals surface area (Å²) >= 11 is 0. The molecule has 4 aromatic carbocycles. The SMILES string of the molecule is CCCc1ccc(C(=O)Nc2cc(-c3ccccc3)ccc2NCCOS(=O)(=O)c2ccc(C)cc2)cc1. The van der Waals surface area contributed by atoms with E-state index in [1.54, 1.807) is 12.1 Å². The number of hydrogen-bond donors (Lipinski definition) is 2. The number of carbonyl (C=O) groups excluding carboxylic acids is 1. The van der Waals surface area contributed by atoms with Crippen LogP contribution in [0.4, 0.5) is 11.4 Å². The number of anilines is 2. The van der Waals surface area contributed by atoms with Crippen LogP contribution in [0.15, 0.2) is 102 Å². The number of rotatable bonds is 11. The van der Waals surface area contributed by atoms with E-state index in [0.717, 1.165) is 29.5 Å². The van der Waals surface area contributed by atoms with Crippen molar-refractivity contribution in [2.75, 3.05) is 23.8 Å². The summed E-state index contributed by atoms with van der Waals surface area (Å²) in [5.41, 5.74) is 5.95. The molecule has 196 valence electrons. The first-order chi connectivity index (χ1) is 18.4. The van der Waals surface area contributed by atoms with Crippen LogP contribution in [0.1, 0.15) is 34.8 Å². The molecule has 6 nitrogen and oxygen atoms in total. The number of aryl methyl sites for hydroxylation is 2. The summed E-state index contributed by atoms with van der Waals surface area (Å²) in [6, 6.07) is 29.8. The molecule has 0 saturated carbocycles. The zero-order valence-corrected chi connectivity index (χ0v) is 22.4. The molecule has 0 aliphatic carbocycles. The number of carbonyl (C=O) groups is 1. The minimum atomic E-state index is -3.86. The van der Waals surface area contributed by atoms with Gasteiger partial charge in [0.25, 0.3) is 16.0 Å². The van der Waals surface area contributed by atoms with Crippen molar-refractivity contribution < 1.29 is 17.4 Å². The van der Waals surface area contributed by atoms with Gasteiger partial charge in [0.2, 0.25) is 0 Å². The van der Waals surface area contributed by atoms with Crippen molar-refractivity contribution in [3.63, 3.8) is 0 Å². The molecular formula is C31H32N2O4S. The van der Waals surface area contributed by atoms with E-state index in [-0.39, 0.29) is 24.0 Å². The molecule has 38 heavy (non-hydrogen) atoms. The van der Waals surface area contributed by atoms with Gasteiger partial charge in [-0.05, 0) is 66.4 Å². The second-order valence-electron chi connectivity index (χ2n) is 9.04. The predicted molar refractivity (Wildman–Crippen MR) is 153 cm³/mol. The summed E-state index contributed by atoms with van der Waals surface area (Å²) in [5, 5.41) is 6.22. The Kier molecular flexibility index (Phi) is 8.94. The first kappa shape index (κ1) is 27.1. The second kappa shape index (κ2) is 12.5. The minimum Gasteiger partial charge on any atom is -0.381 e. The van der Waals surface area contributed by atoms with Gasteiger partial charge in [0.05, 0.1) is 22.9 Å². The molecule has 2 N–H and O–H groups in total. The van der Waals surface area contributed by atoms with Crippen molar-refractivity contribution in [2.24, 2.45) is 0 Å². The van der Waals surface area contributed by atoms with Crippen molar-refractivity contribution in [2.45, 2.75) is 31.6 Å². The molecule has 0 bridgehead atoms. The van der Waals surface area contributed by atoms with Crippen LogP contribution in [-0.4, -0.2) is 27.5 Å². The molecule has 0 fully saturated rings. The van der Waals surface area contributed by atoms with Gasteiger partial charge in [-0.3, -0.25) is 8.98 Å². The van der Waals surface area contributed by atoms with Gasteiger partial charge in [-0.1, -0.05) is 79.6 Å². The molecule has 7 heteroatoms. The Bertz CT molecular complexity index is 1470. The van der Waals surface area contributed by atoms with Crippen LogP contribution in [0, 0.1) is 6.92 Å². The van der Waals surface area contributed by atoms with Crippen molar-refractivity contribution in [1.82, 2.24) is 0 Å². The molecule has 0 heterocycles. The lowest BCUT2D eigenvalue weighted by Gasteiger charge is -2.15. The highest BCUT2D eigenvalue weighted by molar-refractivity contribution is 7.86. The minimum absolute atomic E-state index is 0.0665. The monoisotopic (exact) mass is 528 g/mol. The summed E-state index contributed by atoms with van der Waals surface area (Å²) in [4.78, 5) is 13.2. The quantitative estimate of drug-likeness (QED) is 0.167. The van der Waals surface area contributed by atoms with Crippen molar-refractivity contribution >= 4 is 27.4 Å². The Labute approximate surface area is 224 Å². The van der Waals surface area contributed by atoms with Crippen LogP contribution < -0.4 is 10.6 Å². The van der Waals surface area contributed by atoms with Crippen LogP contribution in [0.5, 0.6) is 0 Å². The van der Waals surface area contributed by atoms with Crippen LogP contribution in [0.3, 0.4) is 0 Å². The van der Waals surface area contributed by atoms with Gasteiger partial charge in [0.15, 0.2) is 0 Å². The zero-order valence-electron chi connectivity index (χ0n) is 21.6. The Hall–Kier alpha value is -3.94. The van der Waals surface area contributed by atoms with E-state index in [1.807, 2.05) is 79.7 Å². The van der Waals surface area contributed by atoms with Crippen LogP contribution in [-0.2, 0) is 20.7 Å². The highest BCUT2D eigenvalue weighted by Gasteiger charge is 2.15. The summed E-state index contributed by atoms with van der Waals surface area (Å²) in [7, 11) is -3.86. The average Bonchev–Trinajstić information content (AvgIpc) is 2.93. The molecule has 0 radical (unpaired) electrons. The topological polar surface area (TPSA) is 84.5 Å². The van der Waals surface area contributed by atoms with E-state index in [1.165, 1.54) is 17.7 Å². The van der Waals surface area contributed by atoms with Gasteiger partial charge in [-0.25, -0.2) is 0 Å². The Morgan fingerprint density at radius 3 is 2.21 bits per heavy atom. The highest BCUT2D eigenvalue weighted by atomic mass is 32.2. The standard InChI is InChI=1S/C31H32N2O4S/c1-3-7-24-12-14-26(15-13-24)31(34)33-30-22-27(25-8-5-4-6-9-25)16-19-29(30)32-20-21-37-38(35,36)28-17-10-23(2)11-18-28/h4-6,8-19,22,32H,3,7,20-21H2,1-2H3,(H,33,34). The second-order valence-corrected chi connectivity index (χ2v) is 10.7. The fourth-order valence-corrected chi connectivity index (χ4v) is 4.94. The third-order valence-electron chi connectivity index (χ3n) is 6.10. The van der Waals surface area contributed by atoms with E-state index in [4.69, 9.17) is 4.18 Å². The lowest BCUT2D eigenvalue weighted by atomic mass is 10.0. The fraction of sp³-hybridized carbons (Fsp3) is 0.194. The van der Waals surface area contributed by atoms with Crippen molar-refractivity contribution in [1.29, 1.82) is 0 Å². The van der Waals surface area contributed by atoms with E-state index in [0.29, 0.717) is 16.9 Å². The first-order valence-electron chi connectivity index (χ1n) is 12.7. The molecule has 0 aliphatic heterocycles. The first-order valence-corrected chi connectivity index (χ1v) is 14.1. The maximum atomic E-state index is 13.1. The molecule has 0 atom stereocenters. The predicted octanol–water partition coefficient (Wildman–Crippen LogP) is 6.68. The Morgan fingerprint density at radius 1 is 0.816 bits per heavy atom. The number of benzene rings is 4. The lowest BCUT2D eigenvalue weighted by Crippen LogP contribution is -2.17. The zero-order chi connectivity index (χ0) is 27.0. The van der Waals surface area contributed by atoms with E-state index in [2.05, 4.69) is 17.6 Å². The van der Waals surface area contributed by atoms with Crippen LogP contribution in [0.2, 0.25) is 0 Å². The maximum absolute atomic E-state index is 13.1. The molecular weight excluding hydrogens is 496 g/mol. The molecule has 4 rings (SSSR count). The Balaban J connectivity index is 1.48. The van der Waals surface area contributed by atoms with Gasteiger partial charge in [-0.2, -0.15) is 8.42 Å². The molecule has 4 aromatic rings. The van der Waals surface area contributed by atoms with Gasteiger partial charge in [-0.15, -0.1) is 0 Å². The van der Waals surface area contributed by atoms with E-state index >= 15 is 0 Å². The van der Waals surface area contributed by atoms with Gasteiger partial charge in [0.1, 0.15) is 0 Å². The Morgan fingerprint density at radius 2 is 1.53 bits per heavy atom. The highest BCUT2D eigenvalue weighted by Crippen LogP contribution is 2.29. The van der Waals surface area contributed by atoms with Crippen LogP contribution >= 0.6 is 0 Å². The molecule has 0 spiro atoms. The maximum Gasteiger partial charge on any atom is 0.297 e. The van der Waals surface area contributed by atoms with Gasteiger partial charge >= 0.3 is 0 Å². The molecule has 0 saturated heterocycles. The number of hydrogen-bond acceptors (Lipinski definition) is 5. The van der Waals surface area contributed by atoms with E-state index < -0.39 is 10.1 Å². The average molecular weight is 529 g/mol. The van der Waals surface area contributed by atoms with Crippen LogP contribution in [0.25, 0.3) is 11.1 Å². The molecule has 0 aromatic heterocycles. The third kappa shape index (κ3) is 7.09. The van der Waals surface area contributed by atoms with Crippen molar-refractivity contribution in [3.05, 3.63) is 114 Å². The summed E-state index contributed by atoms with van der Waals surface area (Å²) in [5.74, 6) is -0.223. The summed E-state index contributed by atoms with van der Waals surface area (Å²) in [6.07, 6.45) is 2.01. The molecule has 0 aliphatic rings. The normalized spacial score (nSPS) is 11.2. The number of nitrogens with one attached hydrogen (secondary N) is 2. The fourth-order valence-electron chi connectivity index (χ4n) is 4.03. The third-order valence-corrected chi connectivity index (χ3v) is 7.42. The lowest BCUT2D eigenvalue weighted by molar-refractivity contribution is 0.102.